The van der Waals surface area contributed by atoms with Crippen molar-refractivity contribution in [2.75, 3.05) is 20.3 Å². The Labute approximate surface area is 182 Å². The molecule has 0 spiro atoms. The van der Waals surface area contributed by atoms with Crippen LogP contribution in [0.2, 0.25) is 0 Å². The van der Waals surface area contributed by atoms with E-state index in [1.54, 1.807) is 19.1 Å². The summed E-state index contributed by atoms with van der Waals surface area (Å²) < 4.78 is 13.4. The number of nitrogens with zero attached hydrogens (tertiary/aromatic N) is 3. The van der Waals surface area contributed by atoms with E-state index < -0.39 is 0 Å². The summed E-state index contributed by atoms with van der Waals surface area (Å²) in [4.78, 5) is 2.26. The van der Waals surface area contributed by atoms with Crippen molar-refractivity contribution >= 4 is 17.8 Å². The Morgan fingerprint density at radius 1 is 0.900 bits per heavy atom. The summed E-state index contributed by atoms with van der Waals surface area (Å²) in [6.45, 7) is 3.76. The predicted molar refractivity (Wildman–Crippen MR) is 123 cm³/mol. The van der Waals surface area contributed by atoms with Gasteiger partial charge in [-0.2, -0.15) is 0 Å². The van der Waals surface area contributed by atoms with E-state index >= 15 is 0 Å². The minimum atomic E-state index is 0.742. The zero-order valence-electron chi connectivity index (χ0n) is 17.2. The average Bonchev–Trinajstić information content (AvgIpc) is 3.22. The first kappa shape index (κ1) is 20.2. The Kier molecular flexibility index (Phi) is 6.44. The lowest BCUT2D eigenvalue weighted by Gasteiger charge is -2.20. The summed E-state index contributed by atoms with van der Waals surface area (Å²) in [6.07, 6.45) is 0. The molecule has 0 N–H and O–H groups in total. The molecule has 0 saturated heterocycles. The molecular formula is C24H25N3O2S. The van der Waals surface area contributed by atoms with Gasteiger partial charge in [-0.05, 0) is 60.8 Å². The van der Waals surface area contributed by atoms with Gasteiger partial charge < -0.3 is 14.4 Å². The maximum absolute atomic E-state index is 6.16. The number of hydrazone groups is 1. The van der Waals surface area contributed by atoms with E-state index in [0.29, 0.717) is 0 Å². The van der Waals surface area contributed by atoms with Crippen LogP contribution in [0.5, 0.6) is 17.2 Å². The highest BCUT2D eigenvalue weighted by atomic mass is 32.2. The highest BCUT2D eigenvalue weighted by Gasteiger charge is 2.26. The lowest BCUT2D eigenvalue weighted by atomic mass is 10.1. The van der Waals surface area contributed by atoms with Crippen molar-refractivity contribution in [2.24, 2.45) is 5.10 Å². The van der Waals surface area contributed by atoms with Crippen LogP contribution in [0.15, 0.2) is 84.0 Å². The monoisotopic (exact) mass is 419 g/mol. The molecule has 1 heterocycles. The fourth-order valence-electron chi connectivity index (χ4n) is 3.18. The molecule has 0 saturated carbocycles. The molecule has 0 fully saturated rings. The molecule has 3 aromatic rings. The minimum absolute atomic E-state index is 0.742. The maximum atomic E-state index is 6.16. The van der Waals surface area contributed by atoms with Crippen LogP contribution >= 0.6 is 11.9 Å². The third kappa shape index (κ3) is 4.71. The number of para-hydroxylation sites is 2. The Balaban J connectivity index is 1.51. The van der Waals surface area contributed by atoms with E-state index in [9.17, 15) is 0 Å². The molecule has 4 rings (SSSR count). The molecule has 0 radical (unpaired) electrons. The summed E-state index contributed by atoms with van der Waals surface area (Å²) in [5.41, 5.74) is 2.23. The third-order valence-electron chi connectivity index (χ3n) is 4.82. The molecule has 0 bridgehead atoms. The normalized spacial score (nSPS) is 13.3. The van der Waals surface area contributed by atoms with Gasteiger partial charge in [-0.3, -0.25) is 0 Å². The molecule has 1 aliphatic rings. The van der Waals surface area contributed by atoms with Crippen molar-refractivity contribution < 1.29 is 9.47 Å². The smallest absolute Gasteiger partial charge is 0.162 e. The van der Waals surface area contributed by atoms with Gasteiger partial charge in [0.2, 0.25) is 0 Å². The van der Waals surface area contributed by atoms with Crippen LogP contribution in [-0.4, -0.2) is 35.5 Å². The van der Waals surface area contributed by atoms with Crippen LogP contribution in [0, 0.1) is 0 Å². The van der Waals surface area contributed by atoms with E-state index in [0.717, 1.165) is 47.6 Å². The standard InChI is InChI=1S/C24H25N3O2S/c1-3-26-18-27(30-17-19-13-15-20(28-2)16-14-19)25-24(26)22-11-7-8-12-23(22)29-21-9-5-4-6-10-21/h4-16H,3,17-18H2,1-2H3. The zero-order valence-corrected chi connectivity index (χ0v) is 18.0. The molecule has 0 unspecified atom stereocenters. The summed E-state index contributed by atoms with van der Waals surface area (Å²) in [7, 11) is 1.68. The molecule has 154 valence electrons. The lowest BCUT2D eigenvalue weighted by molar-refractivity contribution is 0.366. The quantitative estimate of drug-likeness (QED) is 0.445. The maximum Gasteiger partial charge on any atom is 0.162 e. The van der Waals surface area contributed by atoms with Crippen molar-refractivity contribution in [1.29, 1.82) is 0 Å². The van der Waals surface area contributed by atoms with E-state index in [2.05, 4.69) is 30.0 Å². The number of benzene rings is 3. The fourth-order valence-corrected chi connectivity index (χ4v) is 4.03. The molecule has 1 aliphatic heterocycles. The number of ether oxygens (including phenoxy) is 2. The van der Waals surface area contributed by atoms with Crippen LogP contribution in [0.4, 0.5) is 0 Å². The average molecular weight is 420 g/mol. The zero-order chi connectivity index (χ0) is 20.8. The van der Waals surface area contributed by atoms with E-state index in [1.807, 2.05) is 65.1 Å². The van der Waals surface area contributed by atoms with E-state index in [1.165, 1.54) is 5.56 Å². The molecular weight excluding hydrogens is 394 g/mol. The Bertz CT molecular complexity index is 993. The second-order valence-corrected chi connectivity index (χ2v) is 7.77. The number of hydrogen-bond acceptors (Lipinski definition) is 6. The number of hydrogen-bond donors (Lipinski definition) is 0. The molecule has 0 aliphatic carbocycles. The van der Waals surface area contributed by atoms with Crippen molar-refractivity contribution in [1.82, 2.24) is 9.31 Å². The number of amidine groups is 1. The molecule has 5 nitrogen and oxygen atoms in total. The van der Waals surface area contributed by atoms with Gasteiger partial charge in [-0.15, -0.1) is 5.10 Å². The van der Waals surface area contributed by atoms with Gasteiger partial charge in [0.15, 0.2) is 5.84 Å². The molecule has 0 amide bonds. The Hall–Kier alpha value is -3.12. The summed E-state index contributed by atoms with van der Waals surface area (Å²) in [5, 5.41) is 4.90. The van der Waals surface area contributed by atoms with Gasteiger partial charge in [0.05, 0.1) is 12.7 Å². The van der Waals surface area contributed by atoms with Gasteiger partial charge in [0.25, 0.3) is 0 Å². The van der Waals surface area contributed by atoms with E-state index in [-0.39, 0.29) is 0 Å². The van der Waals surface area contributed by atoms with Crippen molar-refractivity contribution in [3.8, 4) is 17.2 Å². The number of methoxy groups -OCH3 is 1. The SMILES string of the molecule is CCN1CN(SCc2ccc(OC)cc2)N=C1c1ccccc1Oc1ccccc1. The first-order valence-corrected chi connectivity index (χ1v) is 10.9. The van der Waals surface area contributed by atoms with Gasteiger partial charge in [-0.1, -0.05) is 42.5 Å². The fraction of sp³-hybridized carbons (Fsp3) is 0.208. The minimum Gasteiger partial charge on any atom is -0.497 e. The molecule has 0 atom stereocenters. The largest absolute Gasteiger partial charge is 0.497 e. The summed E-state index contributed by atoms with van der Waals surface area (Å²) in [6, 6.07) is 26.1. The first-order chi connectivity index (χ1) is 14.8. The number of rotatable bonds is 8. The van der Waals surface area contributed by atoms with Crippen LogP contribution in [-0.2, 0) is 5.75 Å². The molecule has 0 aromatic heterocycles. The second-order valence-electron chi connectivity index (χ2n) is 6.81. The van der Waals surface area contributed by atoms with Crippen molar-refractivity contribution in [3.05, 3.63) is 90.0 Å². The highest BCUT2D eigenvalue weighted by molar-refractivity contribution is 7.96. The molecule has 30 heavy (non-hydrogen) atoms. The molecule has 3 aromatic carbocycles. The highest BCUT2D eigenvalue weighted by Crippen LogP contribution is 2.30. The van der Waals surface area contributed by atoms with Gasteiger partial charge in [0.1, 0.15) is 23.9 Å². The van der Waals surface area contributed by atoms with E-state index in [4.69, 9.17) is 14.6 Å². The first-order valence-electron chi connectivity index (χ1n) is 9.96. The van der Waals surface area contributed by atoms with Crippen molar-refractivity contribution in [3.63, 3.8) is 0 Å². The Morgan fingerprint density at radius 2 is 1.63 bits per heavy atom. The van der Waals surface area contributed by atoms with Gasteiger partial charge >= 0.3 is 0 Å². The van der Waals surface area contributed by atoms with Gasteiger partial charge in [-0.25, -0.2) is 4.41 Å². The lowest BCUT2D eigenvalue weighted by Crippen LogP contribution is -2.30. The topological polar surface area (TPSA) is 37.3 Å². The second kappa shape index (κ2) is 9.59. The van der Waals surface area contributed by atoms with Crippen molar-refractivity contribution in [2.45, 2.75) is 12.7 Å². The van der Waals surface area contributed by atoms with Crippen LogP contribution < -0.4 is 9.47 Å². The van der Waals surface area contributed by atoms with Crippen LogP contribution in [0.1, 0.15) is 18.1 Å². The summed E-state index contributed by atoms with van der Waals surface area (Å²) in [5.74, 6) is 4.28. The molecule has 6 heteroatoms. The Morgan fingerprint density at radius 3 is 2.37 bits per heavy atom. The summed E-state index contributed by atoms with van der Waals surface area (Å²) >= 11 is 1.70. The van der Waals surface area contributed by atoms with Crippen LogP contribution in [0.3, 0.4) is 0 Å². The third-order valence-corrected chi connectivity index (χ3v) is 5.78. The predicted octanol–water partition coefficient (Wildman–Crippen LogP) is 5.59. The van der Waals surface area contributed by atoms with Gasteiger partial charge in [0, 0.05) is 12.3 Å². The van der Waals surface area contributed by atoms with Crippen LogP contribution in [0.25, 0.3) is 0 Å².